The van der Waals surface area contributed by atoms with Gasteiger partial charge in [-0.2, -0.15) is 0 Å². The summed E-state index contributed by atoms with van der Waals surface area (Å²) in [6.07, 6.45) is 2.95. The standard InChI is InChI=1S/C15H16Cl2O3/c1-19-15(18)14-10(7-9-3-5-13(14)20-9)8-2-4-11(16)12(17)6-8/h2,4,6,9-10,13-14H,3,5,7H2,1H3/t9-,10+,13+,14-/m0/s1. The molecule has 1 aromatic carbocycles. The maximum Gasteiger partial charge on any atom is 0.311 e. The lowest BCUT2D eigenvalue weighted by Crippen LogP contribution is -2.39. The number of hydrogen-bond donors (Lipinski definition) is 0. The van der Waals surface area contributed by atoms with Crippen molar-refractivity contribution in [1.29, 1.82) is 0 Å². The predicted molar refractivity (Wildman–Crippen MR) is 77.2 cm³/mol. The summed E-state index contributed by atoms with van der Waals surface area (Å²) >= 11 is 12.1. The fourth-order valence-electron chi connectivity index (χ4n) is 3.40. The lowest BCUT2D eigenvalue weighted by atomic mass is 9.79. The second-order valence-corrected chi connectivity index (χ2v) is 6.25. The van der Waals surface area contributed by atoms with Gasteiger partial charge in [-0.1, -0.05) is 29.3 Å². The first-order valence-corrected chi connectivity index (χ1v) is 7.54. The molecule has 0 unspecified atom stereocenters. The molecule has 0 aliphatic carbocycles. The fraction of sp³-hybridized carbons (Fsp3) is 0.533. The van der Waals surface area contributed by atoms with Crippen LogP contribution in [0.2, 0.25) is 10.0 Å². The molecule has 0 N–H and O–H groups in total. The SMILES string of the molecule is COC(=O)[C@H]1[C@@H](c2ccc(Cl)c(Cl)c2)C[C@@H]2CC[C@H]1O2. The third kappa shape index (κ3) is 2.43. The molecule has 0 aromatic heterocycles. The van der Waals surface area contributed by atoms with Gasteiger partial charge < -0.3 is 9.47 Å². The minimum atomic E-state index is -0.254. The molecule has 0 saturated carbocycles. The molecule has 4 atom stereocenters. The van der Waals surface area contributed by atoms with Crippen LogP contribution >= 0.6 is 23.2 Å². The van der Waals surface area contributed by atoms with E-state index in [1.807, 2.05) is 12.1 Å². The van der Waals surface area contributed by atoms with E-state index in [2.05, 4.69) is 0 Å². The third-order valence-corrected chi connectivity index (χ3v) is 5.08. The summed E-state index contributed by atoms with van der Waals surface area (Å²) < 4.78 is 10.8. The zero-order valence-corrected chi connectivity index (χ0v) is 12.7. The van der Waals surface area contributed by atoms with Crippen molar-refractivity contribution in [3.05, 3.63) is 33.8 Å². The molecule has 0 radical (unpaired) electrons. The first-order valence-electron chi connectivity index (χ1n) is 6.78. The van der Waals surface area contributed by atoms with E-state index < -0.39 is 0 Å². The van der Waals surface area contributed by atoms with Gasteiger partial charge in [0.25, 0.3) is 0 Å². The Hall–Kier alpha value is -0.770. The van der Waals surface area contributed by atoms with Crippen LogP contribution in [0.25, 0.3) is 0 Å². The molecule has 20 heavy (non-hydrogen) atoms. The van der Waals surface area contributed by atoms with Crippen molar-refractivity contribution in [2.45, 2.75) is 37.4 Å². The van der Waals surface area contributed by atoms with Crippen molar-refractivity contribution < 1.29 is 14.3 Å². The molecule has 0 amide bonds. The maximum absolute atomic E-state index is 12.1. The van der Waals surface area contributed by atoms with E-state index in [1.165, 1.54) is 7.11 Å². The van der Waals surface area contributed by atoms with Crippen molar-refractivity contribution in [2.75, 3.05) is 7.11 Å². The molecular weight excluding hydrogens is 299 g/mol. The number of esters is 1. The van der Waals surface area contributed by atoms with E-state index in [0.717, 1.165) is 24.8 Å². The number of methoxy groups -OCH3 is 1. The highest BCUT2D eigenvalue weighted by molar-refractivity contribution is 6.42. The Morgan fingerprint density at radius 3 is 2.80 bits per heavy atom. The Bertz CT molecular complexity index is 532. The highest BCUT2D eigenvalue weighted by atomic mass is 35.5. The number of halogens is 2. The van der Waals surface area contributed by atoms with Crippen LogP contribution in [-0.2, 0) is 14.3 Å². The number of ether oxygens (including phenoxy) is 2. The molecule has 2 fully saturated rings. The number of rotatable bonds is 2. The van der Waals surface area contributed by atoms with Crippen LogP contribution in [0.1, 0.15) is 30.7 Å². The van der Waals surface area contributed by atoms with Gasteiger partial charge >= 0.3 is 5.97 Å². The maximum atomic E-state index is 12.1. The highest BCUT2D eigenvalue weighted by Gasteiger charge is 2.47. The summed E-state index contributed by atoms with van der Waals surface area (Å²) in [6, 6.07) is 5.58. The number of fused-ring (bicyclic) bond motifs is 2. The molecule has 2 saturated heterocycles. The first kappa shape index (κ1) is 14.2. The van der Waals surface area contributed by atoms with E-state index >= 15 is 0 Å². The van der Waals surface area contributed by atoms with Crippen molar-refractivity contribution in [2.24, 2.45) is 5.92 Å². The van der Waals surface area contributed by atoms with Crippen LogP contribution in [-0.4, -0.2) is 25.3 Å². The monoisotopic (exact) mass is 314 g/mol. The summed E-state index contributed by atoms with van der Waals surface area (Å²) in [5.41, 5.74) is 1.04. The van der Waals surface area contributed by atoms with Gasteiger partial charge in [-0.05, 0) is 37.0 Å². The smallest absolute Gasteiger partial charge is 0.311 e. The Balaban J connectivity index is 1.96. The Morgan fingerprint density at radius 1 is 1.30 bits per heavy atom. The second-order valence-electron chi connectivity index (χ2n) is 5.44. The first-order chi connectivity index (χ1) is 9.60. The average Bonchev–Trinajstić information content (AvgIpc) is 2.82. The van der Waals surface area contributed by atoms with Crippen LogP contribution in [0.5, 0.6) is 0 Å². The second kappa shape index (κ2) is 5.55. The van der Waals surface area contributed by atoms with Gasteiger partial charge in [0.05, 0.1) is 35.3 Å². The summed E-state index contributed by atoms with van der Waals surface area (Å²) in [7, 11) is 1.43. The normalized spacial score (nSPS) is 32.1. The highest BCUT2D eigenvalue weighted by Crippen LogP contribution is 2.46. The molecule has 3 rings (SSSR count). The number of hydrogen-bond acceptors (Lipinski definition) is 3. The largest absolute Gasteiger partial charge is 0.469 e. The van der Waals surface area contributed by atoms with Crippen LogP contribution in [0.15, 0.2) is 18.2 Å². The lowest BCUT2D eigenvalue weighted by Gasteiger charge is -2.35. The minimum Gasteiger partial charge on any atom is -0.469 e. The third-order valence-electron chi connectivity index (χ3n) is 4.34. The van der Waals surface area contributed by atoms with E-state index in [0.29, 0.717) is 10.0 Å². The molecule has 2 aliphatic rings. The van der Waals surface area contributed by atoms with Crippen molar-refractivity contribution in [1.82, 2.24) is 0 Å². The van der Waals surface area contributed by atoms with Crippen LogP contribution in [0.4, 0.5) is 0 Å². The topological polar surface area (TPSA) is 35.5 Å². The van der Waals surface area contributed by atoms with Gasteiger partial charge in [0.15, 0.2) is 0 Å². The molecular formula is C15H16Cl2O3. The Labute approximate surface area is 128 Å². The molecule has 3 nitrogen and oxygen atoms in total. The van der Waals surface area contributed by atoms with Gasteiger partial charge in [-0.3, -0.25) is 4.79 Å². The van der Waals surface area contributed by atoms with Gasteiger partial charge in [0, 0.05) is 5.92 Å². The van der Waals surface area contributed by atoms with Crippen LogP contribution in [0, 0.1) is 5.92 Å². The number of benzene rings is 1. The molecule has 108 valence electrons. The fourth-order valence-corrected chi connectivity index (χ4v) is 3.71. The molecule has 5 heteroatoms. The lowest BCUT2D eigenvalue weighted by molar-refractivity contribution is -0.156. The van der Waals surface area contributed by atoms with E-state index in [1.54, 1.807) is 6.07 Å². The molecule has 2 heterocycles. The molecule has 2 aliphatic heterocycles. The minimum absolute atomic E-state index is 0.0411. The van der Waals surface area contributed by atoms with Gasteiger partial charge in [-0.25, -0.2) is 0 Å². The zero-order valence-electron chi connectivity index (χ0n) is 11.1. The van der Waals surface area contributed by atoms with Crippen molar-refractivity contribution in [3.63, 3.8) is 0 Å². The summed E-state index contributed by atoms with van der Waals surface area (Å²) in [5.74, 6) is -0.370. The average molecular weight is 315 g/mol. The predicted octanol–water partition coefficient (Wildman–Crippen LogP) is 3.82. The zero-order chi connectivity index (χ0) is 14.3. The quantitative estimate of drug-likeness (QED) is 0.778. The van der Waals surface area contributed by atoms with Crippen molar-refractivity contribution in [3.8, 4) is 0 Å². The van der Waals surface area contributed by atoms with Gasteiger partial charge in [0.1, 0.15) is 0 Å². The molecule has 1 aromatic rings. The van der Waals surface area contributed by atoms with E-state index in [-0.39, 0.29) is 30.0 Å². The number of carbonyl (C=O) groups is 1. The summed E-state index contributed by atoms with van der Waals surface area (Å²) in [4.78, 5) is 12.1. The van der Waals surface area contributed by atoms with E-state index in [4.69, 9.17) is 32.7 Å². The number of carbonyl (C=O) groups excluding carboxylic acids is 1. The van der Waals surface area contributed by atoms with Crippen LogP contribution < -0.4 is 0 Å². The Kier molecular flexibility index (Phi) is 3.93. The molecule has 0 spiro atoms. The van der Waals surface area contributed by atoms with Gasteiger partial charge in [0.2, 0.25) is 0 Å². The Morgan fingerprint density at radius 2 is 2.10 bits per heavy atom. The molecule has 2 bridgehead atoms. The van der Waals surface area contributed by atoms with Crippen molar-refractivity contribution >= 4 is 29.2 Å². The van der Waals surface area contributed by atoms with Gasteiger partial charge in [-0.15, -0.1) is 0 Å². The van der Waals surface area contributed by atoms with Crippen LogP contribution in [0.3, 0.4) is 0 Å². The van der Waals surface area contributed by atoms with E-state index in [9.17, 15) is 4.79 Å². The summed E-state index contributed by atoms with van der Waals surface area (Å²) in [5, 5.41) is 1.05. The summed E-state index contributed by atoms with van der Waals surface area (Å²) in [6.45, 7) is 0.